The van der Waals surface area contributed by atoms with Crippen LogP contribution in [0.25, 0.3) is 67.4 Å². The number of aromatic nitrogens is 3. The molecule has 65 heavy (non-hydrogen) atoms. The molecule has 4 heterocycles. The van der Waals surface area contributed by atoms with Gasteiger partial charge in [-0.25, -0.2) is 4.57 Å². The maximum Gasteiger partial charge on any atom is 0.218 e. The third kappa shape index (κ3) is 6.67. The Kier molecular flexibility index (Phi) is 9.48. The van der Waals surface area contributed by atoms with Crippen LogP contribution in [-0.4, -0.2) is 4.98 Å². The van der Waals surface area contributed by atoms with Gasteiger partial charge in [0.1, 0.15) is 7.05 Å². The van der Waals surface area contributed by atoms with Crippen molar-refractivity contribution in [1.29, 1.82) is 0 Å². The topological polar surface area (TPSA) is 20.6 Å². The Morgan fingerprint density at radius 2 is 1.25 bits per heavy atom. The number of allylic oxidation sites excluding steroid dienone is 1. The van der Waals surface area contributed by atoms with E-state index in [1.807, 2.05) is 12.3 Å². The molecule has 316 valence electrons. The van der Waals surface area contributed by atoms with E-state index in [-0.39, 0.29) is 10.8 Å². The predicted molar refractivity (Wildman–Crippen MR) is 268 cm³/mol. The Morgan fingerprint density at radius 3 is 1.95 bits per heavy atom. The van der Waals surface area contributed by atoms with Gasteiger partial charge >= 0.3 is 0 Å². The molecule has 11 rings (SSSR count). The van der Waals surface area contributed by atoms with Gasteiger partial charge in [0.2, 0.25) is 11.4 Å². The van der Waals surface area contributed by atoms with E-state index in [1.54, 1.807) is 0 Å². The van der Waals surface area contributed by atoms with E-state index < -0.39 is 5.41 Å². The number of fused-ring (bicyclic) bond motifs is 8. The van der Waals surface area contributed by atoms with Crippen LogP contribution >= 0.6 is 0 Å². The standard InChI is InChI=1S/C62H55N3/c1-60(2,3)47-27-25-42-34-49(65-33-30-48(61(4,5)6)39-58(65)52(42)38-47)35-44-36-55-54(40-53(44)57-37-43(29-32-64(57)7)56-24-16-17-31-63-56)51-28-26-41-18-14-15-23-50(41)59(51)62(55,45-19-10-8-11-20-45)46-21-12-9-13-22-46/h8-33,35-40H,34H2,1-7H3/q+2/b49-35-. The largest absolute Gasteiger partial charge is 0.256 e. The van der Waals surface area contributed by atoms with Gasteiger partial charge in [0.05, 0.1) is 28.7 Å². The van der Waals surface area contributed by atoms with Gasteiger partial charge < -0.3 is 0 Å². The quantitative estimate of drug-likeness (QED) is 0.158. The molecule has 0 saturated heterocycles. The van der Waals surface area contributed by atoms with Crippen LogP contribution in [0.4, 0.5) is 0 Å². The summed E-state index contributed by atoms with van der Waals surface area (Å²) in [5, 5.41) is 2.51. The molecule has 3 nitrogen and oxygen atoms in total. The summed E-state index contributed by atoms with van der Waals surface area (Å²) in [6.45, 7) is 13.9. The van der Waals surface area contributed by atoms with Crippen LogP contribution in [0.3, 0.4) is 0 Å². The zero-order valence-corrected chi connectivity index (χ0v) is 38.5. The van der Waals surface area contributed by atoms with E-state index in [4.69, 9.17) is 4.98 Å². The SMILES string of the molecule is C[n+]1ccc(-c2ccccn2)cc1-c1cc2c(cc1/C=C1/Cc3ccc(C(C)(C)C)cc3-c3cc(C(C)(C)C)cc[n+]31)C(c1ccccc1)(c1ccccc1)c1c-2ccc2ccccc12. The monoisotopic (exact) mass is 841 g/mol. The molecular formula is C62H55N3+2. The minimum Gasteiger partial charge on any atom is -0.256 e. The predicted octanol–water partition coefficient (Wildman–Crippen LogP) is 13.9. The van der Waals surface area contributed by atoms with E-state index >= 15 is 0 Å². The van der Waals surface area contributed by atoms with Gasteiger partial charge in [-0.2, -0.15) is 4.57 Å². The second kappa shape index (κ2) is 15.2. The van der Waals surface area contributed by atoms with Gasteiger partial charge in [-0.3, -0.25) is 4.98 Å². The van der Waals surface area contributed by atoms with Crippen molar-refractivity contribution in [1.82, 2.24) is 4.98 Å². The van der Waals surface area contributed by atoms with E-state index in [2.05, 4.69) is 240 Å². The average molecular weight is 842 g/mol. The Balaban J connectivity index is 1.25. The lowest BCUT2D eigenvalue weighted by molar-refractivity contribution is -0.660. The molecule has 0 spiro atoms. The number of hydrogen-bond donors (Lipinski definition) is 0. The maximum absolute atomic E-state index is 4.80. The first-order chi connectivity index (χ1) is 31.4. The van der Waals surface area contributed by atoms with Crippen molar-refractivity contribution in [2.75, 3.05) is 0 Å². The summed E-state index contributed by atoms with van der Waals surface area (Å²) >= 11 is 0. The minimum absolute atomic E-state index is 0.00334. The fourth-order valence-electron chi connectivity index (χ4n) is 10.6. The smallest absolute Gasteiger partial charge is 0.218 e. The minimum atomic E-state index is -0.590. The zero-order chi connectivity index (χ0) is 44.7. The van der Waals surface area contributed by atoms with E-state index in [9.17, 15) is 0 Å². The Labute approximate surface area is 384 Å². The van der Waals surface area contributed by atoms with Crippen LogP contribution in [0, 0.1) is 0 Å². The van der Waals surface area contributed by atoms with Crippen LogP contribution in [0.15, 0.2) is 188 Å². The number of rotatable bonds is 5. The van der Waals surface area contributed by atoms with Gasteiger partial charge in [-0.1, -0.05) is 157 Å². The van der Waals surface area contributed by atoms with Gasteiger partial charge in [-0.15, -0.1) is 0 Å². The second-order valence-corrected chi connectivity index (χ2v) is 20.2. The highest BCUT2D eigenvalue weighted by atomic mass is 15.0. The lowest BCUT2D eigenvalue weighted by Crippen LogP contribution is -2.39. The Morgan fingerprint density at radius 1 is 0.554 bits per heavy atom. The summed E-state index contributed by atoms with van der Waals surface area (Å²) in [5.41, 5.74) is 20.4. The normalized spacial score (nSPS) is 14.5. The summed E-state index contributed by atoms with van der Waals surface area (Å²) in [6, 6.07) is 63.7. The van der Waals surface area contributed by atoms with Crippen molar-refractivity contribution >= 4 is 22.5 Å². The molecule has 3 aromatic heterocycles. The van der Waals surface area contributed by atoms with Gasteiger partial charge in [-0.05, 0) is 108 Å². The summed E-state index contributed by atoms with van der Waals surface area (Å²) < 4.78 is 4.74. The molecular weight excluding hydrogens is 787 g/mol. The average Bonchev–Trinajstić information content (AvgIpc) is 3.62. The molecule has 0 amide bonds. The van der Waals surface area contributed by atoms with Gasteiger partial charge in [0, 0.05) is 42.1 Å². The van der Waals surface area contributed by atoms with Crippen molar-refractivity contribution in [3.63, 3.8) is 0 Å². The number of nitrogens with zero attached hydrogens (tertiary/aromatic N) is 3. The number of hydrogen-bond acceptors (Lipinski definition) is 1. The van der Waals surface area contributed by atoms with Crippen LogP contribution in [0.1, 0.15) is 86.1 Å². The highest BCUT2D eigenvalue weighted by Crippen LogP contribution is 2.59. The lowest BCUT2D eigenvalue weighted by atomic mass is 9.66. The molecule has 3 heteroatoms. The summed E-state index contributed by atoms with van der Waals surface area (Å²) in [4.78, 5) is 4.80. The summed E-state index contributed by atoms with van der Waals surface area (Å²) in [7, 11) is 2.17. The van der Waals surface area contributed by atoms with Gasteiger partial charge in [0.25, 0.3) is 0 Å². The summed E-state index contributed by atoms with van der Waals surface area (Å²) in [6.07, 6.45) is 9.68. The third-order valence-electron chi connectivity index (χ3n) is 14.1. The molecule has 0 radical (unpaired) electrons. The van der Waals surface area contributed by atoms with Crippen LogP contribution in [-0.2, 0) is 29.7 Å². The molecule has 2 aliphatic rings. The molecule has 0 atom stereocenters. The van der Waals surface area contributed by atoms with Gasteiger partial charge in [0.15, 0.2) is 18.1 Å². The van der Waals surface area contributed by atoms with Crippen molar-refractivity contribution < 1.29 is 9.13 Å². The van der Waals surface area contributed by atoms with E-state index in [0.717, 1.165) is 23.4 Å². The maximum atomic E-state index is 4.80. The van der Waals surface area contributed by atoms with Crippen molar-refractivity contribution in [2.45, 2.75) is 64.2 Å². The fourth-order valence-corrected chi connectivity index (χ4v) is 10.6. The number of benzene rings is 6. The third-order valence-corrected chi connectivity index (χ3v) is 14.1. The second-order valence-electron chi connectivity index (χ2n) is 20.2. The lowest BCUT2D eigenvalue weighted by Gasteiger charge is -2.35. The first-order valence-corrected chi connectivity index (χ1v) is 23.0. The zero-order valence-electron chi connectivity index (χ0n) is 38.5. The van der Waals surface area contributed by atoms with Crippen molar-refractivity contribution in [3.05, 3.63) is 233 Å². The Bertz CT molecular complexity index is 3310. The van der Waals surface area contributed by atoms with Crippen molar-refractivity contribution in [2.24, 2.45) is 7.05 Å². The molecule has 1 aliphatic carbocycles. The first kappa shape index (κ1) is 40.5. The molecule has 9 aromatic rings. The highest BCUT2D eigenvalue weighted by Gasteiger charge is 2.48. The molecule has 1 aliphatic heterocycles. The molecule has 0 unspecified atom stereocenters. The molecule has 6 aromatic carbocycles. The van der Waals surface area contributed by atoms with Crippen LogP contribution in [0.2, 0.25) is 0 Å². The molecule has 0 saturated carbocycles. The molecule has 0 bridgehead atoms. The number of aryl methyl sites for hydroxylation is 1. The fraction of sp³-hybridized carbons (Fsp3) is 0.177. The van der Waals surface area contributed by atoms with E-state index in [1.165, 1.54) is 88.9 Å². The van der Waals surface area contributed by atoms with Crippen molar-refractivity contribution in [3.8, 4) is 44.9 Å². The summed E-state index contributed by atoms with van der Waals surface area (Å²) in [5.74, 6) is 0. The highest BCUT2D eigenvalue weighted by molar-refractivity contribution is 6.02. The Hall–Kier alpha value is -7.23. The number of pyridine rings is 3. The van der Waals surface area contributed by atoms with E-state index in [0.29, 0.717) is 0 Å². The first-order valence-electron chi connectivity index (χ1n) is 23.0. The molecule has 0 fully saturated rings. The van der Waals surface area contributed by atoms with Crippen LogP contribution in [0.5, 0.6) is 0 Å². The molecule has 0 N–H and O–H groups in total. The van der Waals surface area contributed by atoms with Crippen LogP contribution < -0.4 is 9.13 Å².